The first-order chi connectivity index (χ1) is 9.80. The van der Waals surface area contributed by atoms with Gasteiger partial charge in [-0.2, -0.15) is 4.31 Å². The Balaban J connectivity index is 2.61. The molecule has 21 heavy (non-hydrogen) atoms. The first kappa shape index (κ1) is 17.5. The third-order valence-corrected chi connectivity index (χ3v) is 5.01. The summed E-state index contributed by atoms with van der Waals surface area (Å²) in [5, 5.41) is 2.77. The Bertz CT molecular complexity index is 569. The van der Waals surface area contributed by atoms with Crippen LogP contribution in [0.15, 0.2) is 24.3 Å². The number of hydrogen-bond acceptors (Lipinski definition) is 4. The molecule has 118 valence electrons. The van der Waals surface area contributed by atoms with E-state index in [0.717, 1.165) is 15.6 Å². The second-order valence-electron chi connectivity index (χ2n) is 4.72. The van der Waals surface area contributed by atoms with Gasteiger partial charge in [0.05, 0.1) is 25.4 Å². The van der Waals surface area contributed by atoms with E-state index >= 15 is 0 Å². The molecule has 0 saturated heterocycles. The zero-order chi connectivity index (χ0) is 16.0. The minimum atomic E-state index is -3.35. The van der Waals surface area contributed by atoms with Crippen LogP contribution in [0.3, 0.4) is 0 Å². The molecular formula is C14H22N2O4S. The first-order valence-electron chi connectivity index (χ1n) is 6.67. The second kappa shape index (κ2) is 7.42. The number of nitrogens with one attached hydrogen (secondary N) is 1. The molecule has 0 fully saturated rings. The van der Waals surface area contributed by atoms with Crippen molar-refractivity contribution >= 4 is 15.9 Å². The Kier molecular flexibility index (Phi) is 6.17. The minimum Gasteiger partial charge on any atom is -0.497 e. The molecule has 7 heteroatoms. The number of carbonyl (C=O) groups is 1. The normalized spacial score (nSPS) is 13.0. The van der Waals surface area contributed by atoms with Crippen LogP contribution in [0.2, 0.25) is 0 Å². The van der Waals surface area contributed by atoms with Crippen molar-refractivity contribution in [2.75, 3.05) is 26.5 Å². The molecule has 1 amide bonds. The molecule has 0 bridgehead atoms. The van der Waals surface area contributed by atoms with Gasteiger partial charge < -0.3 is 10.1 Å². The SMILES string of the molecule is CCS(=O)(=O)N(C)CC(=O)N[C@@H](C)c1ccc(OC)cc1. The standard InChI is InChI=1S/C14H22N2O4S/c1-5-21(18,19)16(3)10-14(17)15-11(2)12-6-8-13(20-4)9-7-12/h6-9,11H,5,10H2,1-4H3,(H,15,17)/t11-/m0/s1. The highest BCUT2D eigenvalue weighted by molar-refractivity contribution is 7.89. The van der Waals surface area contributed by atoms with Crippen molar-refractivity contribution in [3.8, 4) is 5.75 Å². The van der Waals surface area contributed by atoms with Gasteiger partial charge in [-0.3, -0.25) is 4.79 Å². The summed E-state index contributed by atoms with van der Waals surface area (Å²) in [6, 6.07) is 7.13. The van der Waals surface area contributed by atoms with E-state index in [0.29, 0.717) is 0 Å². The van der Waals surface area contributed by atoms with Gasteiger partial charge in [-0.25, -0.2) is 8.42 Å². The van der Waals surface area contributed by atoms with Gasteiger partial charge in [0.1, 0.15) is 5.75 Å². The van der Waals surface area contributed by atoms with E-state index in [9.17, 15) is 13.2 Å². The van der Waals surface area contributed by atoms with E-state index in [-0.39, 0.29) is 24.2 Å². The van der Waals surface area contributed by atoms with Crippen molar-refractivity contribution in [1.82, 2.24) is 9.62 Å². The molecule has 0 radical (unpaired) electrons. The molecule has 1 N–H and O–H groups in total. The van der Waals surface area contributed by atoms with Gasteiger partial charge in [0.2, 0.25) is 15.9 Å². The predicted octanol–water partition coefficient (Wildman–Crippen LogP) is 1.15. The highest BCUT2D eigenvalue weighted by Gasteiger charge is 2.19. The summed E-state index contributed by atoms with van der Waals surface area (Å²) < 4.78 is 29.3. The van der Waals surface area contributed by atoms with Gasteiger partial charge in [0.25, 0.3) is 0 Å². The topological polar surface area (TPSA) is 75.7 Å². The number of likely N-dealkylation sites (N-methyl/N-ethyl adjacent to an activating group) is 1. The smallest absolute Gasteiger partial charge is 0.235 e. The fraction of sp³-hybridized carbons (Fsp3) is 0.500. The maximum absolute atomic E-state index is 11.9. The number of sulfonamides is 1. The van der Waals surface area contributed by atoms with Gasteiger partial charge in [0, 0.05) is 7.05 Å². The third-order valence-electron chi connectivity index (χ3n) is 3.20. The second-order valence-corrected chi connectivity index (χ2v) is 7.08. The van der Waals surface area contributed by atoms with Crippen molar-refractivity contribution in [3.05, 3.63) is 29.8 Å². The predicted molar refractivity (Wildman–Crippen MR) is 81.6 cm³/mol. The van der Waals surface area contributed by atoms with Crippen molar-refractivity contribution in [2.24, 2.45) is 0 Å². The highest BCUT2D eigenvalue weighted by atomic mass is 32.2. The molecule has 1 rings (SSSR count). The number of carbonyl (C=O) groups excluding carboxylic acids is 1. The van der Waals surface area contributed by atoms with E-state index in [1.54, 1.807) is 14.0 Å². The lowest BCUT2D eigenvalue weighted by Gasteiger charge is -2.19. The zero-order valence-electron chi connectivity index (χ0n) is 12.8. The van der Waals surface area contributed by atoms with Gasteiger partial charge in [-0.15, -0.1) is 0 Å². The molecule has 0 aliphatic rings. The van der Waals surface area contributed by atoms with Crippen molar-refractivity contribution < 1.29 is 17.9 Å². The highest BCUT2D eigenvalue weighted by Crippen LogP contribution is 2.17. The fourth-order valence-corrected chi connectivity index (χ4v) is 2.54. The third kappa shape index (κ3) is 5.02. The average molecular weight is 314 g/mol. The molecule has 0 saturated carbocycles. The maximum Gasteiger partial charge on any atom is 0.235 e. The molecule has 0 spiro atoms. The van der Waals surface area contributed by atoms with Crippen LogP contribution in [0.1, 0.15) is 25.5 Å². The lowest BCUT2D eigenvalue weighted by atomic mass is 10.1. The average Bonchev–Trinajstić information content (AvgIpc) is 2.46. The summed E-state index contributed by atoms with van der Waals surface area (Å²) >= 11 is 0. The van der Waals surface area contributed by atoms with E-state index in [1.807, 2.05) is 31.2 Å². The lowest BCUT2D eigenvalue weighted by Crippen LogP contribution is -2.39. The van der Waals surface area contributed by atoms with E-state index in [4.69, 9.17) is 4.74 Å². The van der Waals surface area contributed by atoms with Crippen molar-refractivity contribution in [2.45, 2.75) is 19.9 Å². The minimum absolute atomic E-state index is 0.0230. The van der Waals surface area contributed by atoms with E-state index in [1.165, 1.54) is 7.05 Å². The number of benzene rings is 1. The molecule has 6 nitrogen and oxygen atoms in total. The van der Waals surface area contributed by atoms with E-state index < -0.39 is 10.0 Å². The van der Waals surface area contributed by atoms with Crippen LogP contribution >= 0.6 is 0 Å². The van der Waals surface area contributed by atoms with Crippen LogP contribution in [0.5, 0.6) is 5.75 Å². The molecule has 0 heterocycles. The molecule has 1 aromatic carbocycles. The lowest BCUT2D eigenvalue weighted by molar-refractivity contribution is -0.121. The monoisotopic (exact) mass is 314 g/mol. The van der Waals surface area contributed by atoms with E-state index in [2.05, 4.69) is 5.32 Å². The largest absolute Gasteiger partial charge is 0.497 e. The number of ether oxygens (including phenoxy) is 1. The Morgan fingerprint density at radius 2 is 1.90 bits per heavy atom. The quantitative estimate of drug-likeness (QED) is 0.819. The molecule has 1 aromatic rings. The number of methoxy groups -OCH3 is 1. The fourth-order valence-electron chi connectivity index (χ4n) is 1.78. The summed E-state index contributed by atoms with van der Waals surface area (Å²) in [6.45, 7) is 3.20. The molecule has 0 aromatic heterocycles. The number of nitrogens with zero attached hydrogens (tertiary/aromatic N) is 1. The van der Waals surface area contributed by atoms with Gasteiger partial charge in [0.15, 0.2) is 0 Å². The van der Waals surface area contributed by atoms with Crippen LogP contribution in [0.4, 0.5) is 0 Å². The van der Waals surface area contributed by atoms with Crippen molar-refractivity contribution in [1.29, 1.82) is 0 Å². The molecule has 0 aliphatic heterocycles. The molecule has 1 atom stereocenters. The van der Waals surface area contributed by atoms with Gasteiger partial charge in [-0.1, -0.05) is 12.1 Å². The Hall–Kier alpha value is -1.60. The molecular weight excluding hydrogens is 292 g/mol. The van der Waals surface area contributed by atoms with Crippen LogP contribution in [0.25, 0.3) is 0 Å². The summed E-state index contributed by atoms with van der Waals surface area (Å²) in [5.74, 6) is 0.383. The van der Waals surface area contributed by atoms with Crippen LogP contribution < -0.4 is 10.1 Å². The summed E-state index contributed by atoms with van der Waals surface area (Å²) in [6.07, 6.45) is 0. The van der Waals surface area contributed by atoms with Crippen LogP contribution in [-0.2, 0) is 14.8 Å². The summed E-state index contributed by atoms with van der Waals surface area (Å²) in [7, 11) is -0.360. The Labute approximate surface area is 126 Å². The number of rotatable bonds is 7. The first-order valence-corrected chi connectivity index (χ1v) is 8.28. The molecule has 0 aliphatic carbocycles. The zero-order valence-corrected chi connectivity index (χ0v) is 13.6. The molecule has 0 unspecified atom stereocenters. The Morgan fingerprint density at radius 3 is 2.38 bits per heavy atom. The maximum atomic E-state index is 11.9. The Morgan fingerprint density at radius 1 is 1.33 bits per heavy atom. The van der Waals surface area contributed by atoms with Crippen molar-refractivity contribution in [3.63, 3.8) is 0 Å². The number of amides is 1. The summed E-state index contributed by atoms with van der Waals surface area (Å²) in [4.78, 5) is 11.9. The van der Waals surface area contributed by atoms with Crippen LogP contribution in [0, 0.1) is 0 Å². The summed E-state index contributed by atoms with van der Waals surface area (Å²) in [5.41, 5.74) is 0.921. The van der Waals surface area contributed by atoms with Gasteiger partial charge in [-0.05, 0) is 31.5 Å². The van der Waals surface area contributed by atoms with Crippen LogP contribution in [-0.4, -0.2) is 45.1 Å². The van der Waals surface area contributed by atoms with Gasteiger partial charge >= 0.3 is 0 Å². The number of hydrogen-bond donors (Lipinski definition) is 1.